The summed E-state index contributed by atoms with van der Waals surface area (Å²) in [5.41, 5.74) is 1.12. The molecule has 0 aliphatic carbocycles. The van der Waals surface area contributed by atoms with E-state index in [4.69, 9.17) is 5.11 Å². The zero-order chi connectivity index (χ0) is 18.2. The van der Waals surface area contributed by atoms with Crippen LogP contribution in [0.4, 0.5) is 9.18 Å². The molecule has 1 heterocycles. The van der Waals surface area contributed by atoms with Gasteiger partial charge in [-0.3, -0.25) is 4.79 Å². The summed E-state index contributed by atoms with van der Waals surface area (Å²) in [4.78, 5) is 25.0. The van der Waals surface area contributed by atoms with E-state index in [9.17, 15) is 14.0 Å². The molecule has 2 amide bonds. The number of unbranched alkanes of at least 4 members (excludes halogenated alkanes) is 2. The molecule has 0 aromatic heterocycles. The predicted molar refractivity (Wildman–Crippen MR) is 93.8 cm³/mol. The largest absolute Gasteiger partial charge is 0.481 e. The summed E-state index contributed by atoms with van der Waals surface area (Å²) in [5.74, 6) is -1.31. The molecule has 1 saturated heterocycles. The zero-order valence-corrected chi connectivity index (χ0v) is 14.7. The number of aliphatic carboxylic acids is 1. The number of benzene rings is 1. The van der Waals surface area contributed by atoms with Gasteiger partial charge in [0.1, 0.15) is 5.82 Å². The number of urea groups is 1. The number of halogens is 1. The van der Waals surface area contributed by atoms with Crippen LogP contribution in [0, 0.1) is 17.7 Å². The number of aryl methyl sites for hydroxylation is 1. The van der Waals surface area contributed by atoms with Crippen molar-refractivity contribution in [3.63, 3.8) is 0 Å². The van der Waals surface area contributed by atoms with Crippen molar-refractivity contribution in [3.05, 3.63) is 35.6 Å². The molecule has 138 valence electrons. The van der Waals surface area contributed by atoms with Gasteiger partial charge in [-0.25, -0.2) is 9.18 Å². The van der Waals surface area contributed by atoms with Crippen LogP contribution in [0.3, 0.4) is 0 Å². The van der Waals surface area contributed by atoms with Crippen LogP contribution in [0.1, 0.15) is 38.2 Å². The SMILES string of the molecule is CC1CC(C(=O)O)CN(C(=O)NCCCCCc2ccc(F)cc2)C1. The Kier molecular flexibility index (Phi) is 7.22. The number of nitrogens with zero attached hydrogens (tertiary/aromatic N) is 1. The molecule has 1 fully saturated rings. The monoisotopic (exact) mass is 350 g/mol. The first-order chi connectivity index (χ1) is 12.0. The number of carbonyl (C=O) groups is 2. The summed E-state index contributed by atoms with van der Waals surface area (Å²) in [6.07, 6.45) is 4.37. The van der Waals surface area contributed by atoms with Crippen molar-refractivity contribution < 1.29 is 19.1 Å². The molecule has 2 N–H and O–H groups in total. The van der Waals surface area contributed by atoms with Crippen LogP contribution in [-0.2, 0) is 11.2 Å². The Morgan fingerprint density at radius 3 is 2.60 bits per heavy atom. The van der Waals surface area contributed by atoms with E-state index >= 15 is 0 Å². The second-order valence-electron chi connectivity index (χ2n) is 6.95. The molecule has 2 rings (SSSR count). The van der Waals surface area contributed by atoms with Crippen LogP contribution in [0.5, 0.6) is 0 Å². The maximum atomic E-state index is 12.8. The van der Waals surface area contributed by atoms with Gasteiger partial charge in [0, 0.05) is 19.6 Å². The maximum Gasteiger partial charge on any atom is 0.317 e. The Bertz CT molecular complexity index is 577. The highest BCUT2D eigenvalue weighted by Crippen LogP contribution is 2.21. The summed E-state index contributed by atoms with van der Waals surface area (Å²) >= 11 is 0. The third-order valence-electron chi connectivity index (χ3n) is 4.63. The Morgan fingerprint density at radius 1 is 1.20 bits per heavy atom. The lowest BCUT2D eigenvalue weighted by Crippen LogP contribution is -2.49. The number of likely N-dealkylation sites (tertiary alicyclic amines) is 1. The zero-order valence-electron chi connectivity index (χ0n) is 14.7. The van der Waals surface area contributed by atoms with Gasteiger partial charge in [0.2, 0.25) is 0 Å². The summed E-state index contributed by atoms with van der Waals surface area (Å²) in [5, 5.41) is 12.0. The summed E-state index contributed by atoms with van der Waals surface area (Å²) in [6.45, 7) is 3.46. The summed E-state index contributed by atoms with van der Waals surface area (Å²) in [7, 11) is 0. The van der Waals surface area contributed by atoms with Crippen molar-refractivity contribution in [1.29, 1.82) is 0 Å². The highest BCUT2D eigenvalue weighted by atomic mass is 19.1. The van der Waals surface area contributed by atoms with Crippen LogP contribution in [0.25, 0.3) is 0 Å². The van der Waals surface area contributed by atoms with Gasteiger partial charge in [-0.1, -0.05) is 25.5 Å². The molecule has 2 unspecified atom stereocenters. The van der Waals surface area contributed by atoms with Crippen molar-refractivity contribution in [2.75, 3.05) is 19.6 Å². The van der Waals surface area contributed by atoms with Gasteiger partial charge < -0.3 is 15.3 Å². The number of piperidine rings is 1. The van der Waals surface area contributed by atoms with Crippen molar-refractivity contribution >= 4 is 12.0 Å². The normalized spacial score (nSPS) is 20.3. The highest BCUT2D eigenvalue weighted by molar-refractivity contribution is 5.76. The first-order valence-corrected chi connectivity index (χ1v) is 8.95. The molecule has 1 aromatic rings. The van der Waals surface area contributed by atoms with E-state index in [0.717, 1.165) is 31.2 Å². The number of carboxylic acid groups (broad SMARTS) is 1. The molecule has 1 aliphatic rings. The fourth-order valence-electron chi connectivity index (χ4n) is 3.29. The minimum Gasteiger partial charge on any atom is -0.481 e. The first-order valence-electron chi connectivity index (χ1n) is 8.95. The van der Waals surface area contributed by atoms with E-state index in [-0.39, 0.29) is 24.3 Å². The van der Waals surface area contributed by atoms with Gasteiger partial charge in [0.15, 0.2) is 0 Å². The number of amides is 2. The molecule has 6 heteroatoms. The van der Waals surface area contributed by atoms with Gasteiger partial charge in [-0.2, -0.15) is 0 Å². The fourth-order valence-corrected chi connectivity index (χ4v) is 3.29. The number of hydrogen-bond acceptors (Lipinski definition) is 2. The molecule has 0 saturated carbocycles. The van der Waals surface area contributed by atoms with E-state index in [0.29, 0.717) is 19.5 Å². The number of carbonyl (C=O) groups excluding carboxylic acids is 1. The number of nitrogens with one attached hydrogen (secondary N) is 1. The van der Waals surface area contributed by atoms with Crippen molar-refractivity contribution in [3.8, 4) is 0 Å². The smallest absolute Gasteiger partial charge is 0.317 e. The van der Waals surface area contributed by atoms with Gasteiger partial charge in [-0.05, 0) is 49.3 Å². The van der Waals surface area contributed by atoms with Crippen LogP contribution in [0.2, 0.25) is 0 Å². The van der Waals surface area contributed by atoms with Gasteiger partial charge in [0.25, 0.3) is 0 Å². The first kappa shape index (κ1) is 19.2. The van der Waals surface area contributed by atoms with E-state index in [2.05, 4.69) is 5.32 Å². The molecular weight excluding hydrogens is 323 g/mol. The summed E-state index contributed by atoms with van der Waals surface area (Å²) < 4.78 is 12.8. The number of rotatable bonds is 7. The number of hydrogen-bond donors (Lipinski definition) is 2. The minimum atomic E-state index is -0.829. The molecule has 2 atom stereocenters. The van der Waals surface area contributed by atoms with E-state index < -0.39 is 11.9 Å². The molecule has 25 heavy (non-hydrogen) atoms. The molecule has 0 spiro atoms. The van der Waals surface area contributed by atoms with Gasteiger partial charge >= 0.3 is 12.0 Å². The third-order valence-corrected chi connectivity index (χ3v) is 4.63. The lowest BCUT2D eigenvalue weighted by atomic mass is 9.91. The number of carboxylic acids is 1. The third kappa shape index (κ3) is 6.36. The van der Waals surface area contributed by atoms with Gasteiger partial charge in [0.05, 0.1) is 5.92 Å². The molecule has 0 radical (unpaired) electrons. The van der Waals surface area contributed by atoms with Crippen LogP contribution in [0.15, 0.2) is 24.3 Å². The van der Waals surface area contributed by atoms with E-state index in [1.54, 1.807) is 17.0 Å². The summed E-state index contributed by atoms with van der Waals surface area (Å²) in [6, 6.07) is 6.37. The highest BCUT2D eigenvalue weighted by Gasteiger charge is 2.31. The second kappa shape index (κ2) is 9.39. The predicted octanol–water partition coefficient (Wildman–Crippen LogP) is 3.29. The molecule has 5 nitrogen and oxygen atoms in total. The fraction of sp³-hybridized carbons (Fsp3) is 0.579. The molecular formula is C19H27FN2O3. The van der Waals surface area contributed by atoms with Crippen LogP contribution in [-0.4, -0.2) is 41.6 Å². The molecule has 1 aliphatic heterocycles. The topological polar surface area (TPSA) is 69.6 Å². The molecule has 0 bridgehead atoms. The Hall–Kier alpha value is -2.11. The van der Waals surface area contributed by atoms with Crippen molar-refractivity contribution in [1.82, 2.24) is 10.2 Å². The van der Waals surface area contributed by atoms with E-state index in [1.165, 1.54) is 12.1 Å². The lowest BCUT2D eigenvalue weighted by molar-refractivity contribution is -0.143. The van der Waals surface area contributed by atoms with Crippen molar-refractivity contribution in [2.45, 2.75) is 39.0 Å². The maximum absolute atomic E-state index is 12.8. The second-order valence-corrected chi connectivity index (χ2v) is 6.95. The average Bonchev–Trinajstić information content (AvgIpc) is 2.58. The van der Waals surface area contributed by atoms with Crippen LogP contribution < -0.4 is 5.32 Å². The van der Waals surface area contributed by atoms with E-state index in [1.807, 2.05) is 6.92 Å². The van der Waals surface area contributed by atoms with Crippen molar-refractivity contribution in [2.24, 2.45) is 11.8 Å². The lowest BCUT2D eigenvalue weighted by Gasteiger charge is -2.34. The minimum absolute atomic E-state index is 0.170. The standard InChI is InChI=1S/C19H27FN2O3/c1-14-11-16(18(23)24)13-22(12-14)19(25)21-10-4-2-3-5-15-6-8-17(20)9-7-15/h6-9,14,16H,2-5,10-13H2,1H3,(H,21,25)(H,23,24). The average molecular weight is 350 g/mol. The Balaban J connectivity index is 1.61. The Labute approximate surface area is 148 Å². The Morgan fingerprint density at radius 2 is 1.92 bits per heavy atom. The molecule has 1 aromatic carbocycles. The quantitative estimate of drug-likeness (QED) is 0.742. The van der Waals surface area contributed by atoms with Gasteiger partial charge in [-0.15, -0.1) is 0 Å². The van der Waals surface area contributed by atoms with Crippen LogP contribution >= 0.6 is 0 Å².